The molecule has 6 heteroatoms. The fourth-order valence-corrected chi connectivity index (χ4v) is 1.24. The number of hydrogen-bond acceptors (Lipinski definition) is 2. The molecule has 1 rings (SSSR count). The summed E-state index contributed by atoms with van der Waals surface area (Å²) < 4.78 is 41.2. The Kier molecular flexibility index (Phi) is 4.18. The second-order valence-corrected chi connectivity index (χ2v) is 3.63. The van der Waals surface area contributed by atoms with Crippen LogP contribution in [0.4, 0.5) is 13.2 Å². The summed E-state index contributed by atoms with van der Waals surface area (Å²) in [7, 11) is 0. The maximum atomic E-state index is 13.2. The van der Waals surface area contributed by atoms with E-state index in [9.17, 15) is 18.0 Å². The Hall–Kier alpha value is -1.23. The van der Waals surface area contributed by atoms with E-state index in [-0.39, 0.29) is 5.56 Å². The largest absolute Gasteiger partial charge is 0.431 e. The molecular formula is C10H8ClF3O2. The third-order valence-electron chi connectivity index (χ3n) is 1.80. The van der Waals surface area contributed by atoms with Crippen LogP contribution in [0.3, 0.4) is 0 Å². The van der Waals surface area contributed by atoms with Crippen LogP contribution in [-0.2, 0) is 0 Å². The lowest BCUT2D eigenvalue weighted by Crippen LogP contribution is -2.15. The minimum absolute atomic E-state index is 0.289. The maximum Gasteiger partial charge on any atom is 0.387 e. The lowest BCUT2D eigenvalue weighted by molar-refractivity contribution is -0.0525. The number of ketones is 1. The first-order chi connectivity index (χ1) is 7.43. The topological polar surface area (TPSA) is 26.3 Å². The van der Waals surface area contributed by atoms with Crippen LogP contribution in [0.15, 0.2) is 18.2 Å². The summed E-state index contributed by atoms with van der Waals surface area (Å²) in [6.07, 6.45) is 0. The van der Waals surface area contributed by atoms with E-state index in [4.69, 9.17) is 11.6 Å². The molecule has 0 N–H and O–H groups in total. The van der Waals surface area contributed by atoms with Gasteiger partial charge in [-0.25, -0.2) is 4.39 Å². The Bertz CT molecular complexity index is 394. The molecule has 0 bridgehead atoms. The molecule has 1 aromatic carbocycles. The highest BCUT2D eigenvalue weighted by molar-refractivity contribution is 6.33. The van der Waals surface area contributed by atoms with Gasteiger partial charge in [-0.05, 0) is 19.1 Å². The van der Waals surface area contributed by atoms with Crippen molar-refractivity contribution in [2.24, 2.45) is 0 Å². The van der Waals surface area contributed by atoms with Gasteiger partial charge in [0.25, 0.3) is 0 Å². The first kappa shape index (κ1) is 12.8. The van der Waals surface area contributed by atoms with Gasteiger partial charge in [0.15, 0.2) is 17.3 Å². The molecule has 16 heavy (non-hydrogen) atoms. The zero-order valence-electron chi connectivity index (χ0n) is 8.22. The first-order valence-corrected chi connectivity index (χ1v) is 4.78. The number of para-hydroxylation sites is 1. The number of rotatable bonds is 4. The molecule has 0 saturated heterocycles. The van der Waals surface area contributed by atoms with Gasteiger partial charge in [-0.2, -0.15) is 8.78 Å². The van der Waals surface area contributed by atoms with Gasteiger partial charge in [-0.1, -0.05) is 6.07 Å². The Balaban J connectivity index is 3.17. The number of Topliss-reactive ketones (excluding diaryl/α,β-unsaturated/α-hetero) is 1. The SMILES string of the molecule is CC(Cl)C(=O)c1cccc(F)c1OC(F)F. The molecule has 2 nitrogen and oxygen atoms in total. The van der Waals surface area contributed by atoms with Crippen LogP contribution in [0.2, 0.25) is 0 Å². The van der Waals surface area contributed by atoms with Gasteiger partial charge in [0.2, 0.25) is 0 Å². The molecule has 0 radical (unpaired) electrons. The molecule has 0 aliphatic rings. The summed E-state index contributed by atoms with van der Waals surface area (Å²) in [6.45, 7) is -1.84. The number of alkyl halides is 3. The van der Waals surface area contributed by atoms with E-state index in [2.05, 4.69) is 4.74 Å². The van der Waals surface area contributed by atoms with E-state index >= 15 is 0 Å². The zero-order chi connectivity index (χ0) is 12.3. The lowest BCUT2D eigenvalue weighted by atomic mass is 10.1. The smallest absolute Gasteiger partial charge is 0.387 e. The summed E-state index contributed by atoms with van der Waals surface area (Å²) in [6, 6.07) is 3.33. The van der Waals surface area contributed by atoms with Crippen LogP contribution in [-0.4, -0.2) is 17.8 Å². The van der Waals surface area contributed by atoms with Crippen LogP contribution in [0.5, 0.6) is 5.75 Å². The predicted octanol–water partition coefficient (Wildman–Crippen LogP) is 3.24. The summed E-state index contributed by atoms with van der Waals surface area (Å²) in [5.41, 5.74) is -0.289. The summed E-state index contributed by atoms with van der Waals surface area (Å²) >= 11 is 5.51. The molecule has 88 valence electrons. The monoisotopic (exact) mass is 252 g/mol. The van der Waals surface area contributed by atoms with Gasteiger partial charge >= 0.3 is 6.61 Å². The van der Waals surface area contributed by atoms with Crippen LogP contribution in [0, 0.1) is 5.82 Å². The fraction of sp³-hybridized carbons (Fsp3) is 0.300. The van der Waals surface area contributed by atoms with Crippen LogP contribution in [0.25, 0.3) is 0 Å². The van der Waals surface area contributed by atoms with Crippen molar-refractivity contribution in [1.29, 1.82) is 0 Å². The number of hydrogen-bond donors (Lipinski definition) is 0. The third-order valence-corrected chi connectivity index (χ3v) is 2.00. The maximum absolute atomic E-state index is 13.2. The van der Waals surface area contributed by atoms with Gasteiger partial charge in [0, 0.05) is 0 Å². The minimum Gasteiger partial charge on any atom is -0.431 e. The molecule has 0 saturated carbocycles. The van der Waals surface area contributed by atoms with Gasteiger partial charge in [0.05, 0.1) is 10.9 Å². The number of carbonyl (C=O) groups is 1. The highest BCUT2D eigenvalue weighted by Gasteiger charge is 2.22. The van der Waals surface area contributed by atoms with Gasteiger partial charge in [-0.15, -0.1) is 11.6 Å². The highest BCUT2D eigenvalue weighted by Crippen LogP contribution is 2.26. The number of halogens is 4. The van der Waals surface area contributed by atoms with E-state index in [0.717, 1.165) is 6.07 Å². The number of benzene rings is 1. The molecule has 0 heterocycles. The molecule has 1 aromatic rings. The van der Waals surface area contributed by atoms with Crippen molar-refractivity contribution in [3.05, 3.63) is 29.6 Å². The first-order valence-electron chi connectivity index (χ1n) is 4.35. The van der Waals surface area contributed by atoms with Gasteiger partial charge < -0.3 is 4.74 Å². The van der Waals surface area contributed by atoms with Gasteiger partial charge in [-0.3, -0.25) is 4.79 Å². The van der Waals surface area contributed by atoms with Crippen molar-refractivity contribution in [2.45, 2.75) is 18.9 Å². The predicted molar refractivity (Wildman–Crippen MR) is 52.7 cm³/mol. The molecule has 0 fully saturated rings. The molecule has 0 amide bonds. The average Bonchev–Trinajstić information content (AvgIpc) is 2.19. The third kappa shape index (κ3) is 2.88. The summed E-state index contributed by atoms with van der Waals surface area (Å²) in [4.78, 5) is 11.5. The molecule has 0 aliphatic heterocycles. The normalized spacial score (nSPS) is 12.6. The zero-order valence-corrected chi connectivity index (χ0v) is 8.97. The number of carbonyl (C=O) groups excluding carboxylic acids is 1. The molecule has 1 atom stereocenters. The quantitative estimate of drug-likeness (QED) is 0.607. The lowest BCUT2D eigenvalue weighted by Gasteiger charge is -2.11. The molecule has 1 unspecified atom stereocenters. The standard InChI is InChI=1S/C10H8ClF3O2/c1-5(11)8(15)6-3-2-4-7(12)9(6)16-10(13)14/h2-5,10H,1H3. The van der Waals surface area contributed by atoms with Crippen molar-refractivity contribution in [2.75, 3.05) is 0 Å². The highest BCUT2D eigenvalue weighted by atomic mass is 35.5. The van der Waals surface area contributed by atoms with Crippen LogP contribution < -0.4 is 4.74 Å². The fourth-order valence-electron chi connectivity index (χ4n) is 1.13. The molecule has 0 spiro atoms. The second kappa shape index (κ2) is 5.21. The van der Waals surface area contributed by atoms with E-state index in [1.807, 2.05) is 0 Å². The Morgan fingerprint density at radius 3 is 2.56 bits per heavy atom. The van der Waals surface area contributed by atoms with Crippen LogP contribution in [0.1, 0.15) is 17.3 Å². The van der Waals surface area contributed by atoms with Gasteiger partial charge in [0.1, 0.15) is 0 Å². The van der Waals surface area contributed by atoms with Crippen molar-refractivity contribution >= 4 is 17.4 Å². The molecule has 0 aromatic heterocycles. The average molecular weight is 253 g/mol. The van der Waals surface area contributed by atoms with Crippen molar-refractivity contribution in [1.82, 2.24) is 0 Å². The number of ether oxygens (including phenoxy) is 1. The van der Waals surface area contributed by atoms with E-state index in [0.29, 0.717) is 0 Å². The second-order valence-electron chi connectivity index (χ2n) is 2.98. The van der Waals surface area contributed by atoms with E-state index < -0.39 is 29.3 Å². The molecular weight excluding hydrogens is 245 g/mol. The Morgan fingerprint density at radius 2 is 2.06 bits per heavy atom. The Labute approximate surface area is 95.0 Å². The van der Waals surface area contributed by atoms with Crippen LogP contribution >= 0.6 is 11.6 Å². The van der Waals surface area contributed by atoms with Crippen molar-refractivity contribution in [3.8, 4) is 5.75 Å². The van der Waals surface area contributed by atoms with Crippen molar-refractivity contribution < 1.29 is 22.7 Å². The summed E-state index contributed by atoms with van der Waals surface area (Å²) in [5, 5.41) is -0.943. The van der Waals surface area contributed by atoms with Crippen molar-refractivity contribution in [3.63, 3.8) is 0 Å². The summed E-state index contributed by atoms with van der Waals surface area (Å²) in [5.74, 6) is -2.46. The van der Waals surface area contributed by atoms with E-state index in [1.165, 1.54) is 19.1 Å². The molecule has 0 aliphatic carbocycles. The Morgan fingerprint density at radius 1 is 1.44 bits per heavy atom. The van der Waals surface area contributed by atoms with E-state index in [1.54, 1.807) is 0 Å². The minimum atomic E-state index is -3.20.